The van der Waals surface area contributed by atoms with Crippen molar-refractivity contribution >= 4 is 5.78 Å². The molecule has 0 heterocycles. The van der Waals surface area contributed by atoms with E-state index in [-0.39, 0.29) is 38.1 Å². The molecular weight excluding hydrogens is 273 g/mol. The molecule has 0 bridgehead atoms. The third kappa shape index (κ3) is 17.2. The Balaban J connectivity index is -0.000000214. The van der Waals surface area contributed by atoms with E-state index in [0.717, 1.165) is 12.8 Å². The van der Waals surface area contributed by atoms with Crippen molar-refractivity contribution in [2.24, 2.45) is 10.8 Å². The average molecular weight is 301 g/mol. The van der Waals surface area contributed by atoms with Crippen LogP contribution in [0.2, 0.25) is 0 Å². The summed E-state index contributed by atoms with van der Waals surface area (Å²) in [6, 6.07) is 0. The minimum Gasteiger partial charge on any atom is -0.343 e. The van der Waals surface area contributed by atoms with Crippen molar-refractivity contribution in [3.8, 4) is 0 Å². The first kappa shape index (κ1) is 22.0. The normalized spacial score (nSPS) is 11.0. The van der Waals surface area contributed by atoms with E-state index in [1.54, 1.807) is 0 Å². The molecule has 0 saturated heterocycles. The zero-order valence-corrected chi connectivity index (χ0v) is 14.9. The van der Waals surface area contributed by atoms with E-state index in [9.17, 15) is 4.79 Å². The molecule has 0 N–H and O–H groups in total. The van der Waals surface area contributed by atoms with Gasteiger partial charge < -0.3 is 13.8 Å². The zero-order chi connectivity index (χ0) is 12.7. The SMILES string of the molecule is [CH2-]CC(C)(C)C.[CH2-]CCC(=O)C(C)(C)C.[Y]. The van der Waals surface area contributed by atoms with Gasteiger partial charge in [-0.2, -0.15) is 12.8 Å². The molecule has 0 saturated carbocycles. The van der Waals surface area contributed by atoms with Crippen molar-refractivity contribution in [3.05, 3.63) is 13.8 Å². The number of hydrogen-bond acceptors (Lipinski definition) is 1. The molecule has 0 atom stereocenters. The van der Waals surface area contributed by atoms with Gasteiger partial charge in [0.1, 0.15) is 5.78 Å². The summed E-state index contributed by atoms with van der Waals surface area (Å²) in [6.45, 7) is 19.7. The van der Waals surface area contributed by atoms with Gasteiger partial charge in [0.2, 0.25) is 0 Å². The predicted molar refractivity (Wildman–Crippen MR) is 68.5 cm³/mol. The van der Waals surface area contributed by atoms with Crippen molar-refractivity contribution < 1.29 is 37.5 Å². The summed E-state index contributed by atoms with van der Waals surface area (Å²) < 4.78 is 0. The molecule has 0 spiro atoms. The third-order valence-corrected chi connectivity index (χ3v) is 1.99. The standard InChI is InChI=1S/C8H15O.C6H13.Y/c1-5-6-7(9)8(2,3)4;1-5-6(2,3)4;/h1,5-6H2,2-4H3;1,5H2,2-4H3;/q2*-1;. The van der Waals surface area contributed by atoms with Crippen LogP contribution in [-0.2, 0) is 37.5 Å². The summed E-state index contributed by atoms with van der Waals surface area (Å²) in [4.78, 5) is 11.0. The van der Waals surface area contributed by atoms with Gasteiger partial charge in [0.15, 0.2) is 0 Å². The van der Waals surface area contributed by atoms with Crippen molar-refractivity contribution in [1.82, 2.24) is 0 Å². The van der Waals surface area contributed by atoms with Crippen LogP contribution in [0.15, 0.2) is 0 Å². The molecule has 0 unspecified atom stereocenters. The molecule has 0 aromatic heterocycles. The van der Waals surface area contributed by atoms with E-state index in [4.69, 9.17) is 0 Å². The monoisotopic (exact) mass is 301 g/mol. The van der Waals surface area contributed by atoms with Crippen molar-refractivity contribution in [1.29, 1.82) is 0 Å². The van der Waals surface area contributed by atoms with Crippen LogP contribution < -0.4 is 0 Å². The summed E-state index contributed by atoms with van der Waals surface area (Å²) in [5.74, 6) is 0.303. The topological polar surface area (TPSA) is 17.1 Å². The van der Waals surface area contributed by atoms with Crippen molar-refractivity contribution in [2.45, 2.75) is 60.8 Å². The van der Waals surface area contributed by atoms with E-state index in [1.807, 2.05) is 20.8 Å². The van der Waals surface area contributed by atoms with Crippen molar-refractivity contribution in [3.63, 3.8) is 0 Å². The Morgan fingerprint density at radius 2 is 1.31 bits per heavy atom. The summed E-state index contributed by atoms with van der Waals surface area (Å²) >= 11 is 0. The van der Waals surface area contributed by atoms with Gasteiger partial charge in [-0.1, -0.05) is 47.0 Å². The van der Waals surface area contributed by atoms with Gasteiger partial charge in [0, 0.05) is 38.1 Å². The molecule has 95 valence electrons. The Morgan fingerprint density at radius 1 is 1.00 bits per heavy atom. The Hall–Kier alpha value is 0.774. The molecule has 0 aliphatic rings. The maximum absolute atomic E-state index is 11.0. The molecule has 1 nitrogen and oxygen atoms in total. The Kier molecular flexibility index (Phi) is 13.4. The maximum Gasteiger partial charge on any atom is 0.135 e. The molecule has 0 aromatic rings. The van der Waals surface area contributed by atoms with Gasteiger partial charge in [0.05, 0.1) is 0 Å². The molecular formula is C14H28OY-2. The van der Waals surface area contributed by atoms with Crippen LogP contribution in [0.5, 0.6) is 0 Å². The third-order valence-electron chi connectivity index (χ3n) is 1.99. The fourth-order valence-electron chi connectivity index (χ4n) is 0.536. The minimum atomic E-state index is -0.169. The molecule has 0 amide bonds. The van der Waals surface area contributed by atoms with Gasteiger partial charge in [-0.25, -0.2) is 0 Å². The minimum absolute atomic E-state index is 0. The summed E-state index contributed by atoms with van der Waals surface area (Å²) in [5.41, 5.74) is 0.262. The van der Waals surface area contributed by atoms with Crippen LogP contribution in [-0.4, -0.2) is 5.78 Å². The van der Waals surface area contributed by atoms with Gasteiger partial charge >= 0.3 is 0 Å². The van der Waals surface area contributed by atoms with Crippen molar-refractivity contribution in [2.75, 3.05) is 0 Å². The van der Waals surface area contributed by atoms with Gasteiger partial charge in [-0.15, -0.1) is 0 Å². The van der Waals surface area contributed by atoms with E-state index >= 15 is 0 Å². The van der Waals surface area contributed by atoms with Gasteiger partial charge in [0.25, 0.3) is 0 Å². The second-order valence-electron chi connectivity index (χ2n) is 6.09. The number of hydrogen-bond donors (Lipinski definition) is 0. The number of rotatable bonds is 2. The van der Waals surface area contributed by atoms with Crippen LogP contribution in [0.4, 0.5) is 0 Å². The summed E-state index contributed by atoms with van der Waals surface area (Å²) in [5, 5.41) is 0. The van der Waals surface area contributed by atoms with Crippen LogP contribution in [0.3, 0.4) is 0 Å². The second-order valence-corrected chi connectivity index (χ2v) is 6.09. The van der Waals surface area contributed by atoms with Crippen LogP contribution in [0.25, 0.3) is 0 Å². The largest absolute Gasteiger partial charge is 0.343 e. The maximum atomic E-state index is 11.0. The fourth-order valence-corrected chi connectivity index (χ4v) is 0.536. The molecule has 0 fully saturated rings. The number of carbonyl (C=O) groups is 1. The Bertz CT molecular complexity index is 172. The zero-order valence-electron chi connectivity index (χ0n) is 12.0. The van der Waals surface area contributed by atoms with E-state index in [1.165, 1.54) is 0 Å². The average Bonchev–Trinajstić information content (AvgIpc) is 2.03. The molecule has 0 aliphatic carbocycles. The molecule has 0 aromatic carbocycles. The summed E-state index contributed by atoms with van der Waals surface area (Å²) in [6.07, 6.45) is 2.35. The van der Waals surface area contributed by atoms with Gasteiger partial charge in [-0.3, -0.25) is 4.79 Å². The fraction of sp³-hybridized carbons (Fsp3) is 0.786. The first-order valence-corrected chi connectivity index (χ1v) is 5.66. The second kappa shape index (κ2) is 9.77. The van der Waals surface area contributed by atoms with E-state index in [0.29, 0.717) is 17.6 Å². The van der Waals surface area contributed by atoms with E-state index < -0.39 is 0 Å². The number of ketones is 1. The van der Waals surface area contributed by atoms with Gasteiger partial charge in [-0.05, 0) is 6.42 Å². The molecule has 2 heteroatoms. The predicted octanol–water partition coefficient (Wildman–Crippen LogP) is 4.47. The summed E-state index contributed by atoms with van der Waals surface area (Å²) in [7, 11) is 0. The van der Waals surface area contributed by atoms with Crippen LogP contribution in [0, 0.1) is 24.7 Å². The number of carbonyl (C=O) groups excluding carboxylic acids is 1. The van der Waals surface area contributed by atoms with E-state index in [2.05, 4.69) is 34.6 Å². The van der Waals surface area contributed by atoms with Crippen LogP contribution >= 0.6 is 0 Å². The molecule has 0 aliphatic heterocycles. The molecule has 0 rings (SSSR count). The number of Topliss-reactive ketones (excluding diaryl/α,β-unsaturated/α-hetero) is 1. The molecule has 16 heavy (non-hydrogen) atoms. The quantitative estimate of drug-likeness (QED) is 0.688. The first-order valence-electron chi connectivity index (χ1n) is 5.66. The first-order chi connectivity index (χ1) is 6.54. The Labute approximate surface area is 128 Å². The van der Waals surface area contributed by atoms with Crippen LogP contribution in [0.1, 0.15) is 60.8 Å². The smallest absolute Gasteiger partial charge is 0.135 e. The molecule has 1 radical (unpaired) electrons. The Morgan fingerprint density at radius 3 is 1.38 bits per heavy atom.